The molecule has 0 radical (unpaired) electrons. The molecule has 1 saturated heterocycles. The molecule has 0 N–H and O–H groups in total. The zero-order chi connectivity index (χ0) is 10.9. The Bertz CT molecular complexity index is 407. The molecule has 0 bridgehead atoms. The van der Waals surface area contributed by atoms with Gasteiger partial charge in [-0.15, -0.1) is 11.3 Å². The van der Waals surface area contributed by atoms with Crippen LogP contribution in [0.5, 0.6) is 0 Å². The van der Waals surface area contributed by atoms with Gasteiger partial charge < -0.3 is 0 Å². The molecule has 0 saturated carbocycles. The van der Waals surface area contributed by atoms with Crippen LogP contribution in [0.3, 0.4) is 0 Å². The Morgan fingerprint density at radius 3 is 2.87 bits per heavy atom. The van der Waals surface area contributed by atoms with E-state index >= 15 is 0 Å². The van der Waals surface area contributed by atoms with Gasteiger partial charge in [-0.3, -0.25) is 4.90 Å². The van der Waals surface area contributed by atoms with E-state index in [-0.39, 0.29) is 11.0 Å². The second-order valence-corrected chi connectivity index (χ2v) is 7.04. The maximum absolute atomic E-state index is 11.5. The first-order chi connectivity index (χ1) is 7.12. The summed E-state index contributed by atoms with van der Waals surface area (Å²) in [5.74, 6) is 0.252. The molecule has 4 nitrogen and oxygen atoms in total. The van der Waals surface area contributed by atoms with Gasteiger partial charge in [0.2, 0.25) is 0 Å². The van der Waals surface area contributed by atoms with E-state index in [1.807, 2.05) is 5.38 Å². The molecule has 1 aliphatic rings. The molecule has 1 aromatic rings. The lowest BCUT2D eigenvalue weighted by Gasteiger charge is -2.37. The Morgan fingerprint density at radius 2 is 2.33 bits per heavy atom. The van der Waals surface area contributed by atoms with Crippen LogP contribution in [0.4, 0.5) is 0 Å². The molecule has 2 rings (SSSR count). The minimum atomic E-state index is -2.83. The van der Waals surface area contributed by atoms with Crippen molar-refractivity contribution in [2.45, 2.75) is 18.7 Å². The van der Waals surface area contributed by atoms with Crippen LogP contribution in [0.1, 0.15) is 12.6 Å². The van der Waals surface area contributed by atoms with Gasteiger partial charge in [-0.2, -0.15) is 0 Å². The quantitative estimate of drug-likeness (QED) is 0.787. The van der Waals surface area contributed by atoms with Gasteiger partial charge in [-0.25, -0.2) is 13.4 Å². The van der Waals surface area contributed by atoms with E-state index in [4.69, 9.17) is 0 Å². The SMILES string of the molecule is CCS(=O)(=O)C1CN(Cc2cscn2)C1. The summed E-state index contributed by atoms with van der Waals surface area (Å²) >= 11 is 1.57. The summed E-state index contributed by atoms with van der Waals surface area (Å²) in [4.78, 5) is 6.29. The van der Waals surface area contributed by atoms with Crippen LogP contribution < -0.4 is 0 Å². The zero-order valence-electron chi connectivity index (χ0n) is 8.59. The van der Waals surface area contributed by atoms with Crippen LogP contribution in [0, 0.1) is 0 Å². The molecule has 6 heteroatoms. The van der Waals surface area contributed by atoms with Crippen LogP contribution in [-0.4, -0.2) is 42.4 Å². The number of hydrogen-bond donors (Lipinski definition) is 0. The smallest absolute Gasteiger partial charge is 0.155 e. The Morgan fingerprint density at radius 1 is 1.60 bits per heavy atom. The molecule has 1 fully saturated rings. The lowest BCUT2D eigenvalue weighted by atomic mass is 10.2. The number of thiazole rings is 1. The fourth-order valence-corrected chi connectivity index (χ4v) is 3.56. The highest BCUT2D eigenvalue weighted by Crippen LogP contribution is 2.19. The van der Waals surface area contributed by atoms with Crippen molar-refractivity contribution in [3.05, 3.63) is 16.6 Å². The highest BCUT2D eigenvalue weighted by atomic mass is 32.2. The summed E-state index contributed by atoms with van der Waals surface area (Å²) in [6.07, 6.45) is 0. The summed E-state index contributed by atoms with van der Waals surface area (Å²) in [5.41, 5.74) is 2.84. The Kier molecular flexibility index (Phi) is 3.08. The van der Waals surface area contributed by atoms with Gasteiger partial charge in [-0.05, 0) is 0 Å². The van der Waals surface area contributed by atoms with E-state index in [1.54, 1.807) is 23.8 Å². The number of aromatic nitrogens is 1. The van der Waals surface area contributed by atoms with E-state index in [9.17, 15) is 8.42 Å². The first-order valence-electron chi connectivity index (χ1n) is 4.93. The van der Waals surface area contributed by atoms with Crippen LogP contribution in [-0.2, 0) is 16.4 Å². The van der Waals surface area contributed by atoms with Crippen LogP contribution in [0.15, 0.2) is 10.9 Å². The molecule has 0 aromatic carbocycles. The molecule has 0 atom stereocenters. The summed E-state index contributed by atoms with van der Waals surface area (Å²) in [6.45, 7) is 3.80. The van der Waals surface area contributed by atoms with Crippen molar-refractivity contribution < 1.29 is 8.42 Å². The average molecular weight is 246 g/mol. The highest BCUT2D eigenvalue weighted by molar-refractivity contribution is 7.92. The van der Waals surface area contributed by atoms with Crippen LogP contribution in [0.2, 0.25) is 0 Å². The number of nitrogens with zero attached hydrogens (tertiary/aromatic N) is 2. The maximum Gasteiger partial charge on any atom is 0.155 e. The first kappa shape index (κ1) is 11.0. The fourth-order valence-electron chi connectivity index (χ4n) is 1.66. The van der Waals surface area contributed by atoms with Crippen molar-refractivity contribution in [1.29, 1.82) is 0 Å². The van der Waals surface area contributed by atoms with E-state index in [0.29, 0.717) is 13.1 Å². The van der Waals surface area contributed by atoms with Crippen molar-refractivity contribution in [3.8, 4) is 0 Å². The zero-order valence-corrected chi connectivity index (χ0v) is 10.2. The summed E-state index contributed by atoms with van der Waals surface area (Å²) in [7, 11) is -2.83. The molecule has 0 aliphatic carbocycles. The van der Waals surface area contributed by atoms with Gasteiger partial charge in [0.05, 0.1) is 16.5 Å². The van der Waals surface area contributed by atoms with E-state index < -0.39 is 9.84 Å². The van der Waals surface area contributed by atoms with Crippen molar-refractivity contribution in [3.63, 3.8) is 0 Å². The van der Waals surface area contributed by atoms with Gasteiger partial charge in [0, 0.05) is 30.8 Å². The average Bonchev–Trinajstić information content (AvgIpc) is 2.62. The molecule has 2 heterocycles. The largest absolute Gasteiger partial charge is 0.295 e. The topological polar surface area (TPSA) is 50.3 Å². The van der Waals surface area contributed by atoms with Gasteiger partial charge in [0.25, 0.3) is 0 Å². The molecule has 1 aliphatic heterocycles. The normalized spacial score (nSPS) is 19.0. The Labute approximate surface area is 93.9 Å². The molecular formula is C9H14N2O2S2. The summed E-state index contributed by atoms with van der Waals surface area (Å²) < 4.78 is 23.0. The summed E-state index contributed by atoms with van der Waals surface area (Å²) in [5, 5.41) is 1.85. The van der Waals surface area contributed by atoms with E-state index in [1.165, 1.54) is 0 Å². The number of rotatable bonds is 4. The Balaban J connectivity index is 1.84. The fraction of sp³-hybridized carbons (Fsp3) is 0.667. The third-order valence-electron chi connectivity index (χ3n) is 2.70. The lowest BCUT2D eigenvalue weighted by Crippen LogP contribution is -2.54. The maximum atomic E-state index is 11.5. The van der Waals surface area contributed by atoms with Crippen LogP contribution >= 0.6 is 11.3 Å². The van der Waals surface area contributed by atoms with Crippen molar-refractivity contribution in [1.82, 2.24) is 9.88 Å². The van der Waals surface area contributed by atoms with Gasteiger partial charge in [-0.1, -0.05) is 6.92 Å². The van der Waals surface area contributed by atoms with Gasteiger partial charge in [0.1, 0.15) is 0 Å². The summed E-state index contributed by atoms with van der Waals surface area (Å²) in [6, 6.07) is 0. The third-order valence-corrected chi connectivity index (χ3v) is 5.46. The van der Waals surface area contributed by atoms with E-state index in [2.05, 4.69) is 9.88 Å². The van der Waals surface area contributed by atoms with E-state index in [0.717, 1.165) is 12.2 Å². The predicted molar refractivity (Wildman–Crippen MR) is 60.6 cm³/mol. The Hall–Kier alpha value is -0.460. The van der Waals surface area contributed by atoms with Gasteiger partial charge >= 0.3 is 0 Å². The predicted octanol–water partition coefficient (Wildman–Crippen LogP) is 0.762. The second-order valence-electron chi connectivity index (χ2n) is 3.75. The van der Waals surface area contributed by atoms with Crippen LogP contribution in [0.25, 0.3) is 0 Å². The van der Waals surface area contributed by atoms with Gasteiger partial charge in [0.15, 0.2) is 9.84 Å². The highest BCUT2D eigenvalue weighted by Gasteiger charge is 2.35. The molecule has 84 valence electrons. The minimum Gasteiger partial charge on any atom is -0.295 e. The molecule has 1 aromatic heterocycles. The molecule has 0 unspecified atom stereocenters. The number of likely N-dealkylation sites (tertiary alicyclic amines) is 1. The molecule has 15 heavy (non-hydrogen) atoms. The first-order valence-corrected chi connectivity index (χ1v) is 7.58. The number of sulfone groups is 1. The molecule has 0 amide bonds. The second kappa shape index (κ2) is 4.19. The third kappa shape index (κ3) is 2.38. The van der Waals surface area contributed by atoms with Crippen molar-refractivity contribution in [2.24, 2.45) is 0 Å². The number of hydrogen-bond acceptors (Lipinski definition) is 5. The monoisotopic (exact) mass is 246 g/mol. The molecule has 0 spiro atoms. The van der Waals surface area contributed by atoms with Crippen molar-refractivity contribution >= 4 is 21.2 Å². The van der Waals surface area contributed by atoms with Crippen molar-refractivity contribution in [2.75, 3.05) is 18.8 Å². The molecular weight excluding hydrogens is 232 g/mol. The lowest BCUT2D eigenvalue weighted by molar-refractivity contribution is 0.174. The standard InChI is InChI=1S/C9H14N2O2S2/c1-2-15(12,13)9-4-11(5-9)3-8-6-14-7-10-8/h6-7,9H,2-5H2,1H3. The minimum absolute atomic E-state index is 0.152.